The van der Waals surface area contributed by atoms with Gasteiger partial charge in [-0.2, -0.15) is 0 Å². The predicted octanol–water partition coefficient (Wildman–Crippen LogP) is 3.57. The lowest BCUT2D eigenvalue weighted by molar-refractivity contribution is -0.102. The van der Waals surface area contributed by atoms with E-state index in [-0.39, 0.29) is 5.82 Å². The van der Waals surface area contributed by atoms with Gasteiger partial charge in [-0.1, -0.05) is 17.7 Å². The molecule has 0 unspecified atom stereocenters. The van der Waals surface area contributed by atoms with E-state index in [0.717, 1.165) is 37.7 Å². The number of nitrogens with zero attached hydrogens (tertiary/aromatic N) is 4. The van der Waals surface area contributed by atoms with Crippen molar-refractivity contribution in [2.75, 3.05) is 55.8 Å². The van der Waals surface area contributed by atoms with E-state index in [2.05, 4.69) is 30.4 Å². The summed E-state index contributed by atoms with van der Waals surface area (Å²) >= 11 is 6.33. The number of benzene rings is 1. The molecule has 3 rings (SSSR count). The third-order valence-corrected chi connectivity index (χ3v) is 5.39. The molecule has 0 saturated carbocycles. The Morgan fingerprint density at radius 1 is 1.20 bits per heavy atom. The number of pyridine rings is 1. The molecule has 0 radical (unpaired) electrons. The van der Waals surface area contributed by atoms with Gasteiger partial charge in [0.05, 0.1) is 22.8 Å². The molecule has 1 aromatic carbocycles. The standard InChI is InChI=1S/C21H26ClFN6O/c1-14(13-30)26-16-5-4-15(19(23)20(16)25-3)12-28-8-10-29(11-9-28)17-6-7-18(24-2)27-21(17)22/h4-7,13,25H,8-12H2,1-3H3,(H,24,27)/b26-14-. The van der Waals surface area contributed by atoms with Crippen molar-refractivity contribution in [2.45, 2.75) is 13.5 Å². The first kappa shape index (κ1) is 22.0. The average Bonchev–Trinajstić information content (AvgIpc) is 2.76. The van der Waals surface area contributed by atoms with Crippen LogP contribution in [0.3, 0.4) is 0 Å². The fourth-order valence-corrected chi connectivity index (χ4v) is 3.74. The van der Waals surface area contributed by atoms with Crippen molar-refractivity contribution in [2.24, 2.45) is 4.99 Å². The van der Waals surface area contributed by atoms with Crippen LogP contribution in [0.15, 0.2) is 29.3 Å². The highest BCUT2D eigenvalue weighted by molar-refractivity contribution is 6.32. The number of aliphatic imine (C=N–C) groups is 1. The molecule has 1 aliphatic heterocycles. The first-order chi connectivity index (χ1) is 14.5. The highest BCUT2D eigenvalue weighted by atomic mass is 35.5. The number of piperazine rings is 1. The van der Waals surface area contributed by atoms with Crippen LogP contribution in [-0.4, -0.2) is 62.2 Å². The topological polar surface area (TPSA) is 72.9 Å². The van der Waals surface area contributed by atoms with Gasteiger partial charge in [-0.15, -0.1) is 0 Å². The zero-order valence-corrected chi connectivity index (χ0v) is 18.1. The van der Waals surface area contributed by atoms with E-state index < -0.39 is 0 Å². The SMILES string of the molecule is CNc1ccc(N2CCN(Cc3ccc(/N=C(/C)C=O)c(NC)c3F)CC2)c(Cl)n1. The maximum atomic E-state index is 15.0. The second-order valence-corrected chi connectivity index (χ2v) is 7.43. The molecular formula is C21H26ClFN6O. The summed E-state index contributed by atoms with van der Waals surface area (Å²) in [6.07, 6.45) is 0.652. The average molecular weight is 433 g/mol. The molecule has 1 aromatic heterocycles. The van der Waals surface area contributed by atoms with Crippen LogP contribution in [0, 0.1) is 5.82 Å². The van der Waals surface area contributed by atoms with E-state index in [4.69, 9.17) is 11.6 Å². The zero-order chi connectivity index (χ0) is 21.7. The van der Waals surface area contributed by atoms with Crippen molar-refractivity contribution in [3.05, 3.63) is 40.8 Å². The molecule has 7 nitrogen and oxygen atoms in total. The number of aldehydes is 1. The summed E-state index contributed by atoms with van der Waals surface area (Å²) in [4.78, 5) is 23.7. The van der Waals surface area contributed by atoms with Crippen LogP contribution in [-0.2, 0) is 11.3 Å². The van der Waals surface area contributed by atoms with Crippen LogP contribution in [0.5, 0.6) is 0 Å². The van der Waals surface area contributed by atoms with Gasteiger partial charge in [-0.3, -0.25) is 9.69 Å². The second kappa shape index (κ2) is 9.86. The first-order valence-electron chi connectivity index (χ1n) is 9.78. The van der Waals surface area contributed by atoms with Crippen LogP contribution < -0.4 is 15.5 Å². The van der Waals surface area contributed by atoms with Gasteiger partial charge < -0.3 is 15.5 Å². The molecule has 2 aromatic rings. The summed E-state index contributed by atoms with van der Waals surface area (Å²) in [5.41, 5.74) is 2.51. The normalized spacial score (nSPS) is 15.2. The maximum absolute atomic E-state index is 15.0. The molecule has 1 saturated heterocycles. The van der Waals surface area contributed by atoms with Gasteiger partial charge in [0.15, 0.2) is 17.3 Å². The number of carbonyl (C=O) groups is 1. The minimum Gasteiger partial charge on any atom is -0.384 e. The fraction of sp³-hybridized carbons (Fsp3) is 0.381. The number of rotatable bonds is 7. The number of anilines is 3. The Morgan fingerprint density at radius 3 is 2.53 bits per heavy atom. The van der Waals surface area contributed by atoms with E-state index in [9.17, 15) is 4.79 Å². The first-order valence-corrected chi connectivity index (χ1v) is 10.2. The number of halogens is 2. The summed E-state index contributed by atoms with van der Waals surface area (Å²) in [6.45, 7) is 5.20. The van der Waals surface area contributed by atoms with E-state index in [0.29, 0.717) is 40.6 Å². The minimum atomic E-state index is -0.338. The Kier molecular flexibility index (Phi) is 7.23. The fourth-order valence-electron chi connectivity index (χ4n) is 3.47. The third kappa shape index (κ3) is 4.88. The van der Waals surface area contributed by atoms with Crippen LogP contribution in [0.2, 0.25) is 5.15 Å². The molecule has 0 bridgehead atoms. The van der Waals surface area contributed by atoms with Crippen molar-refractivity contribution in [3.63, 3.8) is 0 Å². The molecule has 1 aliphatic rings. The van der Waals surface area contributed by atoms with Gasteiger partial charge in [-0.05, 0) is 25.1 Å². The molecule has 0 amide bonds. The summed E-state index contributed by atoms with van der Waals surface area (Å²) in [5, 5.41) is 6.31. The van der Waals surface area contributed by atoms with Crippen molar-refractivity contribution >= 4 is 46.5 Å². The van der Waals surface area contributed by atoms with Crippen LogP contribution in [0.4, 0.5) is 27.3 Å². The van der Waals surface area contributed by atoms with Gasteiger partial charge >= 0.3 is 0 Å². The molecule has 1 fully saturated rings. The van der Waals surface area contributed by atoms with E-state index in [1.54, 1.807) is 33.2 Å². The van der Waals surface area contributed by atoms with Crippen molar-refractivity contribution in [1.82, 2.24) is 9.88 Å². The van der Waals surface area contributed by atoms with Crippen molar-refractivity contribution in [3.8, 4) is 0 Å². The Balaban J connectivity index is 1.68. The Hall–Kier alpha value is -2.71. The van der Waals surface area contributed by atoms with Crippen LogP contribution >= 0.6 is 11.6 Å². The molecule has 0 atom stereocenters. The number of hydrogen-bond acceptors (Lipinski definition) is 7. The molecular weight excluding hydrogens is 407 g/mol. The van der Waals surface area contributed by atoms with Gasteiger partial charge in [-0.25, -0.2) is 14.4 Å². The Bertz CT molecular complexity index is 943. The lowest BCUT2D eigenvalue weighted by atomic mass is 10.1. The van der Waals surface area contributed by atoms with E-state index in [1.165, 1.54) is 0 Å². The van der Waals surface area contributed by atoms with Gasteiger partial charge in [0, 0.05) is 52.4 Å². The maximum Gasteiger partial charge on any atom is 0.163 e. The summed E-state index contributed by atoms with van der Waals surface area (Å²) < 4.78 is 15.0. The van der Waals surface area contributed by atoms with Crippen molar-refractivity contribution in [1.29, 1.82) is 0 Å². The second-order valence-electron chi connectivity index (χ2n) is 7.07. The third-order valence-electron chi connectivity index (χ3n) is 5.11. The predicted molar refractivity (Wildman–Crippen MR) is 121 cm³/mol. The molecule has 9 heteroatoms. The van der Waals surface area contributed by atoms with Crippen molar-refractivity contribution < 1.29 is 9.18 Å². The molecule has 0 aliphatic carbocycles. The number of hydrogen-bond donors (Lipinski definition) is 2. The summed E-state index contributed by atoms with van der Waals surface area (Å²) in [7, 11) is 3.45. The zero-order valence-electron chi connectivity index (χ0n) is 17.4. The molecule has 160 valence electrons. The summed E-state index contributed by atoms with van der Waals surface area (Å²) in [6, 6.07) is 7.34. The Labute approximate surface area is 180 Å². The molecule has 2 heterocycles. The van der Waals surface area contributed by atoms with Gasteiger partial charge in [0.2, 0.25) is 0 Å². The van der Waals surface area contributed by atoms with Gasteiger partial charge in [0.25, 0.3) is 0 Å². The smallest absolute Gasteiger partial charge is 0.163 e. The number of aromatic nitrogens is 1. The number of nitrogens with one attached hydrogen (secondary N) is 2. The quantitative estimate of drug-likeness (QED) is 0.396. The van der Waals surface area contributed by atoms with Gasteiger partial charge in [0.1, 0.15) is 5.82 Å². The summed E-state index contributed by atoms with van der Waals surface area (Å²) in [5.74, 6) is 0.393. The lowest BCUT2D eigenvalue weighted by Gasteiger charge is -2.36. The van der Waals surface area contributed by atoms with Crippen LogP contribution in [0.1, 0.15) is 12.5 Å². The van der Waals surface area contributed by atoms with E-state index in [1.807, 2.05) is 12.1 Å². The van der Waals surface area contributed by atoms with E-state index >= 15 is 4.39 Å². The molecule has 0 spiro atoms. The lowest BCUT2D eigenvalue weighted by Crippen LogP contribution is -2.46. The molecule has 2 N–H and O–H groups in total. The van der Waals surface area contributed by atoms with Crippen LogP contribution in [0.25, 0.3) is 0 Å². The largest absolute Gasteiger partial charge is 0.384 e. The monoisotopic (exact) mass is 432 g/mol. The molecule has 30 heavy (non-hydrogen) atoms. The number of carbonyl (C=O) groups excluding carboxylic acids is 1. The highest BCUT2D eigenvalue weighted by Crippen LogP contribution is 2.31. The highest BCUT2D eigenvalue weighted by Gasteiger charge is 2.21. The Morgan fingerprint density at radius 2 is 1.93 bits per heavy atom. The minimum absolute atomic E-state index is 0.297.